The smallest absolute Gasteiger partial charge is 0.263 e. The molecule has 0 saturated carbocycles. The number of para-hydroxylation sites is 1. The van der Waals surface area contributed by atoms with Gasteiger partial charge in [0.15, 0.2) is 5.65 Å². The summed E-state index contributed by atoms with van der Waals surface area (Å²) < 4.78 is 1.58. The average molecular weight is 320 g/mol. The molecule has 0 bridgehead atoms. The number of rotatable bonds is 4. The monoisotopic (exact) mass is 320 g/mol. The number of benzene rings is 1. The molecule has 0 amide bonds. The molecular formula is C17H16N6O. The maximum Gasteiger partial charge on any atom is 0.263 e. The summed E-state index contributed by atoms with van der Waals surface area (Å²) in [5, 5.41) is 8.81. The number of pyridine rings is 1. The predicted octanol–water partition coefficient (Wildman–Crippen LogP) is 1.86. The van der Waals surface area contributed by atoms with Crippen molar-refractivity contribution in [3.63, 3.8) is 0 Å². The van der Waals surface area contributed by atoms with Crippen LogP contribution in [0, 0.1) is 0 Å². The van der Waals surface area contributed by atoms with E-state index in [4.69, 9.17) is 0 Å². The molecule has 3 heterocycles. The van der Waals surface area contributed by atoms with Crippen molar-refractivity contribution in [3.8, 4) is 0 Å². The number of H-pyrrole nitrogens is 1. The maximum atomic E-state index is 12.0. The van der Waals surface area contributed by atoms with E-state index in [1.54, 1.807) is 11.7 Å². The highest BCUT2D eigenvalue weighted by Gasteiger charge is 2.07. The lowest BCUT2D eigenvalue weighted by atomic mass is 10.2. The van der Waals surface area contributed by atoms with Crippen LogP contribution in [0.5, 0.6) is 0 Å². The van der Waals surface area contributed by atoms with Gasteiger partial charge in [-0.15, -0.1) is 0 Å². The van der Waals surface area contributed by atoms with Crippen molar-refractivity contribution in [1.82, 2.24) is 24.7 Å². The minimum absolute atomic E-state index is 0.195. The van der Waals surface area contributed by atoms with E-state index in [2.05, 4.69) is 31.4 Å². The summed E-state index contributed by atoms with van der Waals surface area (Å²) in [5.41, 5.74) is 2.34. The van der Waals surface area contributed by atoms with Crippen LogP contribution in [0.2, 0.25) is 0 Å². The summed E-state index contributed by atoms with van der Waals surface area (Å²) in [6, 6.07) is 12.1. The molecule has 2 N–H and O–H groups in total. The van der Waals surface area contributed by atoms with Crippen LogP contribution in [0.4, 0.5) is 5.95 Å². The van der Waals surface area contributed by atoms with Gasteiger partial charge in [-0.2, -0.15) is 10.1 Å². The Morgan fingerprint density at radius 3 is 2.96 bits per heavy atom. The first-order valence-electron chi connectivity index (χ1n) is 7.71. The van der Waals surface area contributed by atoms with Crippen molar-refractivity contribution in [2.24, 2.45) is 7.05 Å². The average Bonchev–Trinajstić information content (AvgIpc) is 2.97. The Labute approximate surface area is 137 Å². The summed E-state index contributed by atoms with van der Waals surface area (Å²) in [5.74, 6) is 0.442. The number of fused-ring (bicyclic) bond motifs is 2. The third kappa shape index (κ3) is 2.60. The summed E-state index contributed by atoms with van der Waals surface area (Å²) in [4.78, 5) is 23.7. The zero-order chi connectivity index (χ0) is 16.5. The molecular weight excluding hydrogens is 304 g/mol. The van der Waals surface area contributed by atoms with Gasteiger partial charge in [0, 0.05) is 31.1 Å². The summed E-state index contributed by atoms with van der Waals surface area (Å²) in [7, 11) is 1.76. The Kier molecular flexibility index (Phi) is 3.45. The Morgan fingerprint density at radius 2 is 2.04 bits per heavy atom. The second-order valence-corrected chi connectivity index (χ2v) is 5.59. The molecule has 24 heavy (non-hydrogen) atoms. The lowest BCUT2D eigenvalue weighted by Crippen LogP contribution is -2.15. The molecule has 0 saturated heterocycles. The van der Waals surface area contributed by atoms with Crippen LogP contribution < -0.4 is 10.9 Å². The second kappa shape index (κ2) is 5.77. The third-order valence-corrected chi connectivity index (χ3v) is 3.93. The Morgan fingerprint density at radius 1 is 1.17 bits per heavy atom. The molecule has 0 aliphatic carbocycles. The molecule has 0 spiro atoms. The highest BCUT2D eigenvalue weighted by Crippen LogP contribution is 2.12. The lowest BCUT2D eigenvalue weighted by Gasteiger charge is -2.06. The normalized spacial score (nSPS) is 11.2. The fourth-order valence-electron chi connectivity index (χ4n) is 2.67. The number of hydrogen-bond donors (Lipinski definition) is 2. The van der Waals surface area contributed by atoms with Crippen molar-refractivity contribution < 1.29 is 0 Å². The lowest BCUT2D eigenvalue weighted by molar-refractivity contribution is 0.785. The van der Waals surface area contributed by atoms with Gasteiger partial charge >= 0.3 is 0 Å². The molecule has 1 aromatic carbocycles. The van der Waals surface area contributed by atoms with E-state index < -0.39 is 0 Å². The fourth-order valence-corrected chi connectivity index (χ4v) is 2.67. The van der Waals surface area contributed by atoms with Gasteiger partial charge in [-0.05, 0) is 12.1 Å². The zero-order valence-electron chi connectivity index (χ0n) is 13.2. The summed E-state index contributed by atoms with van der Waals surface area (Å²) in [6.07, 6.45) is 2.25. The topological polar surface area (TPSA) is 88.5 Å². The van der Waals surface area contributed by atoms with Crippen molar-refractivity contribution in [2.45, 2.75) is 6.42 Å². The van der Waals surface area contributed by atoms with Crippen molar-refractivity contribution >= 4 is 27.9 Å². The van der Waals surface area contributed by atoms with E-state index in [9.17, 15) is 4.79 Å². The summed E-state index contributed by atoms with van der Waals surface area (Å²) >= 11 is 0. The van der Waals surface area contributed by atoms with Crippen molar-refractivity contribution in [3.05, 3.63) is 58.6 Å². The van der Waals surface area contributed by atoms with E-state index in [0.717, 1.165) is 23.0 Å². The van der Waals surface area contributed by atoms with Gasteiger partial charge < -0.3 is 5.32 Å². The molecule has 0 unspecified atom stereocenters. The van der Waals surface area contributed by atoms with Crippen LogP contribution in [0.15, 0.2) is 47.4 Å². The van der Waals surface area contributed by atoms with Gasteiger partial charge in [0.2, 0.25) is 5.95 Å². The van der Waals surface area contributed by atoms with E-state index in [-0.39, 0.29) is 5.56 Å². The van der Waals surface area contributed by atoms with Gasteiger partial charge in [0.05, 0.1) is 11.7 Å². The Bertz CT molecular complexity index is 1080. The van der Waals surface area contributed by atoms with Gasteiger partial charge in [-0.25, -0.2) is 0 Å². The van der Waals surface area contributed by atoms with Crippen LogP contribution in [0.3, 0.4) is 0 Å². The predicted molar refractivity (Wildman–Crippen MR) is 93.1 cm³/mol. The molecule has 7 heteroatoms. The minimum Gasteiger partial charge on any atom is -0.355 e. The van der Waals surface area contributed by atoms with Crippen molar-refractivity contribution in [2.75, 3.05) is 11.9 Å². The molecule has 0 fully saturated rings. The fraction of sp³-hybridized carbons (Fsp3) is 0.176. The number of aromatic nitrogens is 5. The number of nitrogens with one attached hydrogen (secondary N) is 2. The molecule has 3 aromatic heterocycles. The number of anilines is 1. The van der Waals surface area contributed by atoms with E-state index in [1.165, 1.54) is 6.20 Å². The molecule has 0 aliphatic heterocycles. The van der Waals surface area contributed by atoms with Gasteiger partial charge in [0.25, 0.3) is 5.56 Å². The SMILES string of the molecule is Cn1ncc2c(=O)[nH]c(NCCc3ccc4ccccc4n3)nc21. The first kappa shape index (κ1) is 14.4. The second-order valence-electron chi connectivity index (χ2n) is 5.59. The highest BCUT2D eigenvalue weighted by atomic mass is 16.1. The van der Waals surface area contributed by atoms with Crippen LogP contribution in [-0.2, 0) is 13.5 Å². The minimum atomic E-state index is -0.195. The largest absolute Gasteiger partial charge is 0.355 e. The third-order valence-electron chi connectivity index (χ3n) is 3.93. The van der Waals surface area contributed by atoms with Crippen LogP contribution in [0.25, 0.3) is 21.9 Å². The quantitative estimate of drug-likeness (QED) is 0.599. The molecule has 4 rings (SSSR count). The highest BCUT2D eigenvalue weighted by molar-refractivity contribution is 5.78. The first-order chi connectivity index (χ1) is 11.7. The molecule has 0 aliphatic rings. The first-order valence-corrected chi connectivity index (χ1v) is 7.71. The van der Waals surface area contributed by atoms with E-state index >= 15 is 0 Å². The Hall–Kier alpha value is -3.22. The maximum absolute atomic E-state index is 12.0. The number of aryl methyl sites for hydroxylation is 1. The molecule has 0 radical (unpaired) electrons. The molecule has 120 valence electrons. The summed E-state index contributed by atoms with van der Waals surface area (Å²) in [6.45, 7) is 0.623. The van der Waals surface area contributed by atoms with Crippen LogP contribution >= 0.6 is 0 Å². The van der Waals surface area contributed by atoms with Crippen molar-refractivity contribution in [1.29, 1.82) is 0 Å². The van der Waals surface area contributed by atoms with Gasteiger partial charge in [-0.1, -0.05) is 24.3 Å². The molecule has 0 atom stereocenters. The number of aromatic amines is 1. The number of nitrogens with zero attached hydrogens (tertiary/aromatic N) is 4. The Balaban J connectivity index is 1.50. The standard InChI is InChI=1S/C17H16N6O/c1-23-15-13(10-19-23)16(24)22-17(21-15)18-9-8-12-7-6-11-4-2-3-5-14(11)20-12/h2-7,10H,8-9H2,1H3,(H2,18,21,22,24). The van der Waals surface area contributed by atoms with E-state index in [0.29, 0.717) is 23.5 Å². The van der Waals surface area contributed by atoms with Crippen LogP contribution in [-0.4, -0.2) is 31.3 Å². The number of hydrogen-bond acceptors (Lipinski definition) is 5. The molecule has 4 aromatic rings. The van der Waals surface area contributed by atoms with Crippen LogP contribution in [0.1, 0.15) is 5.69 Å². The van der Waals surface area contributed by atoms with Gasteiger partial charge in [-0.3, -0.25) is 19.4 Å². The molecule has 7 nitrogen and oxygen atoms in total. The zero-order valence-corrected chi connectivity index (χ0v) is 13.2. The van der Waals surface area contributed by atoms with E-state index in [1.807, 2.05) is 30.3 Å². The van der Waals surface area contributed by atoms with Gasteiger partial charge in [0.1, 0.15) is 5.39 Å².